The highest BCUT2D eigenvalue weighted by Gasteiger charge is 2.36. The average molecular weight is 254 g/mol. The summed E-state index contributed by atoms with van der Waals surface area (Å²) < 4.78 is 26.3. The van der Waals surface area contributed by atoms with E-state index in [0.29, 0.717) is 18.8 Å². The largest absolute Gasteiger partial charge is 0.345 e. The van der Waals surface area contributed by atoms with Crippen molar-refractivity contribution in [3.05, 3.63) is 17.2 Å². The number of rotatable bonds is 1. The third-order valence-electron chi connectivity index (χ3n) is 4.41. The van der Waals surface area contributed by atoms with E-state index in [-0.39, 0.29) is 18.8 Å². The Kier molecular flexibility index (Phi) is 2.91. The van der Waals surface area contributed by atoms with Crippen LogP contribution >= 0.6 is 0 Å². The van der Waals surface area contributed by atoms with Gasteiger partial charge in [0, 0.05) is 24.5 Å². The summed E-state index contributed by atoms with van der Waals surface area (Å²) in [6.45, 7) is 2.25. The van der Waals surface area contributed by atoms with E-state index in [2.05, 4.69) is 16.9 Å². The summed E-state index contributed by atoms with van der Waals surface area (Å²) in [7, 11) is 0. The molecule has 2 aliphatic carbocycles. The van der Waals surface area contributed by atoms with Gasteiger partial charge in [0.05, 0.1) is 5.69 Å². The first-order valence-electron chi connectivity index (χ1n) is 6.99. The predicted molar refractivity (Wildman–Crippen MR) is 65.9 cm³/mol. The Morgan fingerprint density at radius 3 is 2.67 bits per heavy atom. The van der Waals surface area contributed by atoms with Crippen LogP contribution < -0.4 is 0 Å². The topological polar surface area (TPSA) is 28.7 Å². The van der Waals surface area contributed by atoms with Gasteiger partial charge in [-0.15, -0.1) is 0 Å². The first-order chi connectivity index (χ1) is 8.53. The summed E-state index contributed by atoms with van der Waals surface area (Å²) >= 11 is 0. The van der Waals surface area contributed by atoms with E-state index >= 15 is 0 Å². The minimum Gasteiger partial charge on any atom is -0.345 e. The fourth-order valence-electron chi connectivity index (χ4n) is 3.18. The van der Waals surface area contributed by atoms with E-state index < -0.39 is 5.92 Å². The van der Waals surface area contributed by atoms with Gasteiger partial charge in [-0.05, 0) is 38.0 Å². The van der Waals surface area contributed by atoms with Gasteiger partial charge in [-0.25, -0.2) is 13.8 Å². The number of hydrogen-bond donors (Lipinski definition) is 1. The molecule has 0 spiro atoms. The maximum absolute atomic E-state index is 13.1. The number of aryl methyl sites for hydroxylation is 1. The number of nitrogens with one attached hydrogen (secondary N) is 1. The molecule has 1 N–H and O–H groups in total. The Morgan fingerprint density at radius 1 is 1.22 bits per heavy atom. The van der Waals surface area contributed by atoms with E-state index in [4.69, 9.17) is 0 Å². The van der Waals surface area contributed by atoms with Gasteiger partial charge >= 0.3 is 0 Å². The first kappa shape index (κ1) is 12.1. The smallest absolute Gasteiger partial charge is 0.248 e. The molecule has 2 aliphatic rings. The van der Waals surface area contributed by atoms with Gasteiger partial charge in [0.1, 0.15) is 5.82 Å². The van der Waals surface area contributed by atoms with Crippen LogP contribution in [0.1, 0.15) is 62.2 Å². The molecule has 0 aromatic carbocycles. The SMILES string of the molecule is CC1CCc2nc(C3CCC(F)(F)CC3)[nH]c2C1. The second-order valence-corrected chi connectivity index (χ2v) is 6.03. The van der Waals surface area contributed by atoms with Crippen molar-refractivity contribution in [1.29, 1.82) is 0 Å². The van der Waals surface area contributed by atoms with Gasteiger partial charge < -0.3 is 4.98 Å². The van der Waals surface area contributed by atoms with Crippen molar-refractivity contribution >= 4 is 0 Å². The van der Waals surface area contributed by atoms with Crippen LogP contribution in [0.5, 0.6) is 0 Å². The minimum atomic E-state index is -2.45. The highest BCUT2D eigenvalue weighted by molar-refractivity contribution is 5.20. The van der Waals surface area contributed by atoms with E-state index in [1.165, 1.54) is 17.8 Å². The molecule has 0 aliphatic heterocycles. The first-order valence-corrected chi connectivity index (χ1v) is 6.99. The molecule has 0 radical (unpaired) electrons. The number of H-pyrrole nitrogens is 1. The van der Waals surface area contributed by atoms with Crippen molar-refractivity contribution in [1.82, 2.24) is 9.97 Å². The second-order valence-electron chi connectivity index (χ2n) is 6.03. The second kappa shape index (κ2) is 4.32. The molecule has 1 saturated carbocycles. The fourth-order valence-corrected chi connectivity index (χ4v) is 3.18. The highest BCUT2D eigenvalue weighted by Crippen LogP contribution is 2.40. The lowest BCUT2D eigenvalue weighted by Gasteiger charge is -2.26. The van der Waals surface area contributed by atoms with Gasteiger partial charge in [-0.3, -0.25) is 0 Å². The molecule has 1 aromatic heterocycles. The minimum absolute atomic E-state index is 0.0133. The zero-order chi connectivity index (χ0) is 12.8. The van der Waals surface area contributed by atoms with Gasteiger partial charge in [0.2, 0.25) is 5.92 Å². The van der Waals surface area contributed by atoms with Crippen molar-refractivity contribution in [2.75, 3.05) is 0 Å². The van der Waals surface area contributed by atoms with Gasteiger partial charge in [-0.1, -0.05) is 6.92 Å². The zero-order valence-electron chi connectivity index (χ0n) is 10.8. The summed E-state index contributed by atoms with van der Waals surface area (Å²) in [4.78, 5) is 8.06. The number of aromatic amines is 1. The van der Waals surface area contributed by atoms with E-state index in [1.807, 2.05) is 0 Å². The summed E-state index contributed by atoms with van der Waals surface area (Å²) in [5, 5.41) is 0. The molecule has 1 heterocycles. The Labute approximate surface area is 106 Å². The van der Waals surface area contributed by atoms with Crippen LogP contribution in [0.2, 0.25) is 0 Å². The van der Waals surface area contributed by atoms with E-state index in [9.17, 15) is 8.78 Å². The molecule has 3 rings (SSSR count). The molecule has 100 valence electrons. The molecule has 4 heteroatoms. The van der Waals surface area contributed by atoms with Gasteiger partial charge in [-0.2, -0.15) is 0 Å². The van der Waals surface area contributed by atoms with Crippen LogP contribution in [-0.2, 0) is 12.8 Å². The number of imidazole rings is 1. The van der Waals surface area contributed by atoms with Crippen LogP contribution in [-0.4, -0.2) is 15.9 Å². The van der Waals surface area contributed by atoms with Crippen molar-refractivity contribution in [3.63, 3.8) is 0 Å². The summed E-state index contributed by atoms with van der Waals surface area (Å²) in [6, 6.07) is 0. The van der Waals surface area contributed by atoms with Crippen molar-refractivity contribution in [3.8, 4) is 0 Å². The fraction of sp³-hybridized carbons (Fsp3) is 0.786. The third kappa shape index (κ3) is 2.29. The number of halogens is 2. The van der Waals surface area contributed by atoms with Crippen LogP contribution in [0.15, 0.2) is 0 Å². The molecule has 0 saturated heterocycles. The Bertz CT molecular complexity index is 429. The normalized spacial score (nSPS) is 28.1. The molecule has 0 amide bonds. The molecular formula is C14H20F2N2. The molecule has 2 nitrogen and oxygen atoms in total. The quantitative estimate of drug-likeness (QED) is 0.810. The lowest BCUT2D eigenvalue weighted by molar-refractivity contribution is -0.0387. The molecule has 18 heavy (non-hydrogen) atoms. The van der Waals surface area contributed by atoms with Crippen molar-refractivity contribution in [2.45, 2.75) is 63.7 Å². The number of aromatic nitrogens is 2. The Hall–Kier alpha value is -0.930. The predicted octanol–water partition coefficient (Wildman–Crippen LogP) is 3.83. The maximum Gasteiger partial charge on any atom is 0.248 e. The summed E-state index contributed by atoms with van der Waals surface area (Å²) in [5.74, 6) is -0.561. The Morgan fingerprint density at radius 2 is 1.94 bits per heavy atom. The van der Waals surface area contributed by atoms with Gasteiger partial charge in [0.15, 0.2) is 0 Å². The lowest BCUT2D eigenvalue weighted by atomic mass is 9.86. The molecule has 1 fully saturated rings. The summed E-state index contributed by atoms with van der Waals surface area (Å²) in [5.41, 5.74) is 2.43. The van der Waals surface area contributed by atoms with Crippen LogP contribution in [0, 0.1) is 5.92 Å². The molecular weight excluding hydrogens is 234 g/mol. The average Bonchev–Trinajstić information content (AvgIpc) is 2.71. The zero-order valence-corrected chi connectivity index (χ0v) is 10.8. The molecule has 1 aromatic rings. The van der Waals surface area contributed by atoms with E-state index in [0.717, 1.165) is 18.7 Å². The summed E-state index contributed by atoms with van der Waals surface area (Å²) in [6.07, 6.45) is 4.45. The highest BCUT2D eigenvalue weighted by atomic mass is 19.3. The monoisotopic (exact) mass is 254 g/mol. The molecule has 0 bridgehead atoms. The number of hydrogen-bond acceptors (Lipinski definition) is 1. The van der Waals surface area contributed by atoms with Crippen LogP contribution in [0.3, 0.4) is 0 Å². The lowest BCUT2D eigenvalue weighted by Crippen LogP contribution is -2.24. The maximum atomic E-state index is 13.1. The van der Waals surface area contributed by atoms with Crippen LogP contribution in [0.25, 0.3) is 0 Å². The third-order valence-corrected chi connectivity index (χ3v) is 4.41. The van der Waals surface area contributed by atoms with E-state index in [1.54, 1.807) is 0 Å². The standard InChI is InChI=1S/C14H20F2N2/c1-9-2-3-11-12(8-9)18-13(17-11)10-4-6-14(15,16)7-5-10/h9-10H,2-8H2,1H3,(H,17,18). The van der Waals surface area contributed by atoms with Crippen LogP contribution in [0.4, 0.5) is 8.78 Å². The Balaban J connectivity index is 1.74. The number of nitrogens with zero attached hydrogens (tertiary/aromatic N) is 1. The number of fused-ring (bicyclic) bond motifs is 1. The van der Waals surface area contributed by atoms with Crippen molar-refractivity contribution < 1.29 is 8.78 Å². The van der Waals surface area contributed by atoms with Gasteiger partial charge in [0.25, 0.3) is 0 Å². The number of alkyl halides is 2. The molecule has 1 unspecified atom stereocenters. The van der Waals surface area contributed by atoms with Crippen molar-refractivity contribution in [2.24, 2.45) is 5.92 Å². The molecule has 1 atom stereocenters.